The van der Waals surface area contributed by atoms with E-state index in [2.05, 4.69) is 20.9 Å². The Bertz CT molecular complexity index is 1580. The Morgan fingerprint density at radius 3 is 2.19 bits per heavy atom. The van der Waals surface area contributed by atoms with Crippen molar-refractivity contribution < 1.29 is 33.9 Å². The summed E-state index contributed by atoms with van der Waals surface area (Å²) in [5.41, 5.74) is 13.4. The van der Waals surface area contributed by atoms with Gasteiger partial charge in [-0.05, 0) is 23.6 Å². The van der Waals surface area contributed by atoms with Crippen LogP contribution >= 0.6 is 0 Å². The quantitative estimate of drug-likeness (QED) is 0.0965. The van der Waals surface area contributed by atoms with Crippen molar-refractivity contribution in [2.24, 2.45) is 11.5 Å². The number of aromatic nitrogens is 1. The number of H-pyrrole nitrogens is 1. The van der Waals surface area contributed by atoms with Gasteiger partial charge in [0.25, 0.3) is 0 Å². The summed E-state index contributed by atoms with van der Waals surface area (Å²) in [6, 6.07) is 11.4. The predicted octanol–water partition coefficient (Wildman–Crippen LogP) is 0.734. The summed E-state index contributed by atoms with van der Waals surface area (Å²) in [6.45, 7) is 1.98. The molecule has 14 heteroatoms. The van der Waals surface area contributed by atoms with Crippen LogP contribution in [0.4, 0.5) is 0 Å². The van der Waals surface area contributed by atoms with Gasteiger partial charge in [-0.2, -0.15) is 0 Å². The van der Waals surface area contributed by atoms with Gasteiger partial charge in [-0.15, -0.1) is 0 Å². The summed E-state index contributed by atoms with van der Waals surface area (Å²) in [5, 5.41) is 18.1. The first-order chi connectivity index (χ1) is 22.9. The van der Waals surface area contributed by atoms with Crippen LogP contribution in [0.5, 0.6) is 0 Å². The first-order valence-electron chi connectivity index (χ1n) is 15.9. The van der Waals surface area contributed by atoms with E-state index in [9.17, 15) is 33.9 Å². The number of fused-ring (bicyclic) bond motifs is 1. The van der Waals surface area contributed by atoms with E-state index < -0.39 is 66.1 Å². The topological polar surface area (TPSA) is 230 Å². The number of aliphatic carboxylic acids is 1. The maximum absolute atomic E-state index is 14.0. The average molecular weight is 664 g/mol. The molecule has 9 N–H and O–H groups in total. The number of carboxylic acid groups (broad SMARTS) is 1. The fourth-order valence-corrected chi connectivity index (χ4v) is 5.41. The normalized spacial score (nSPS) is 13.5. The predicted molar refractivity (Wildman–Crippen MR) is 179 cm³/mol. The van der Waals surface area contributed by atoms with Crippen LogP contribution < -0.4 is 27.4 Å². The molecular weight excluding hydrogens is 618 g/mol. The van der Waals surface area contributed by atoms with Gasteiger partial charge in [0.05, 0.1) is 6.42 Å². The first kappa shape index (κ1) is 37.2. The number of nitrogens with zero attached hydrogens (tertiary/aromatic N) is 1. The number of carboxylic acids is 1. The number of carbonyl (C=O) groups excluding carboxylic acids is 5. The highest BCUT2D eigenvalue weighted by Crippen LogP contribution is 2.20. The van der Waals surface area contributed by atoms with Gasteiger partial charge in [0, 0.05) is 50.0 Å². The minimum Gasteiger partial charge on any atom is -0.481 e. The summed E-state index contributed by atoms with van der Waals surface area (Å²) in [5.74, 6) is -4.88. The molecule has 0 aliphatic heterocycles. The third-order valence-electron chi connectivity index (χ3n) is 8.01. The smallest absolute Gasteiger partial charge is 0.305 e. The molecule has 14 nitrogen and oxygen atoms in total. The van der Waals surface area contributed by atoms with E-state index in [1.165, 1.54) is 11.9 Å². The summed E-state index contributed by atoms with van der Waals surface area (Å²) < 4.78 is 0. The SMILES string of the molecule is CCCC[C@@H](C(=O)N[C@@H](CC(=O)O)C(=O)N[C@@H](Cc1ccccc1)C(N)=O)N(C)C(=O)[C@H](Cc1c[nH]c2ccccc12)NC(=O)CCN. The highest BCUT2D eigenvalue weighted by Gasteiger charge is 2.35. The lowest BCUT2D eigenvalue weighted by molar-refractivity contribution is -0.144. The van der Waals surface area contributed by atoms with Crippen LogP contribution in [0.2, 0.25) is 0 Å². The fraction of sp³-hybridized carbons (Fsp3) is 0.412. The van der Waals surface area contributed by atoms with Gasteiger partial charge < -0.3 is 42.4 Å². The van der Waals surface area contributed by atoms with E-state index in [-0.39, 0.29) is 32.2 Å². The van der Waals surface area contributed by atoms with Crippen LogP contribution in [0.3, 0.4) is 0 Å². The van der Waals surface area contributed by atoms with Crippen LogP contribution in [-0.2, 0) is 41.6 Å². The summed E-state index contributed by atoms with van der Waals surface area (Å²) in [4.78, 5) is 82.0. The molecule has 0 saturated carbocycles. The van der Waals surface area contributed by atoms with Gasteiger partial charge >= 0.3 is 5.97 Å². The van der Waals surface area contributed by atoms with Crippen molar-refractivity contribution in [1.29, 1.82) is 0 Å². The number of nitrogens with one attached hydrogen (secondary N) is 4. The van der Waals surface area contributed by atoms with Crippen LogP contribution in [0.25, 0.3) is 10.9 Å². The van der Waals surface area contributed by atoms with E-state index >= 15 is 0 Å². The maximum atomic E-state index is 14.0. The molecule has 5 amide bonds. The highest BCUT2D eigenvalue weighted by molar-refractivity contribution is 5.97. The Hall–Kier alpha value is -5.24. The third kappa shape index (κ3) is 10.7. The fourth-order valence-electron chi connectivity index (χ4n) is 5.41. The Balaban J connectivity index is 1.84. The summed E-state index contributed by atoms with van der Waals surface area (Å²) >= 11 is 0. The molecule has 3 rings (SSSR count). The molecule has 0 bridgehead atoms. The molecule has 0 spiro atoms. The molecule has 2 aromatic carbocycles. The average Bonchev–Trinajstić information content (AvgIpc) is 3.46. The number of benzene rings is 2. The Labute approximate surface area is 279 Å². The van der Waals surface area contributed by atoms with E-state index in [1.54, 1.807) is 36.5 Å². The molecule has 0 radical (unpaired) electrons. The molecule has 3 aromatic rings. The Kier molecular flexibility index (Phi) is 14.1. The van der Waals surface area contributed by atoms with Gasteiger partial charge in [0.15, 0.2) is 0 Å². The van der Waals surface area contributed by atoms with Crippen molar-refractivity contribution in [2.45, 2.75) is 76.0 Å². The number of unbranched alkanes of at least 4 members (excludes halogenated alkanes) is 1. The van der Waals surface area contributed by atoms with Crippen molar-refractivity contribution in [3.8, 4) is 0 Å². The van der Waals surface area contributed by atoms with Crippen molar-refractivity contribution >= 4 is 46.4 Å². The number of aromatic amines is 1. The molecule has 258 valence electrons. The number of para-hydroxylation sites is 1. The lowest BCUT2D eigenvalue weighted by atomic mass is 10.0. The Morgan fingerprint density at radius 1 is 0.875 bits per heavy atom. The number of primary amides is 1. The number of hydrogen-bond donors (Lipinski definition) is 7. The molecule has 0 aliphatic carbocycles. The molecule has 0 aliphatic rings. The second-order valence-electron chi connectivity index (χ2n) is 11.6. The molecule has 0 saturated heterocycles. The third-order valence-corrected chi connectivity index (χ3v) is 8.01. The molecule has 4 atom stereocenters. The standard InChI is InChI=1S/C34H45N7O7/c1-3-4-14-28(33(47)40-26(19-30(43)44)32(46)39-25(31(36)45)17-21-10-6-5-7-11-21)41(2)34(48)27(38-29(42)15-16-35)18-22-20-37-24-13-9-8-12-23(22)24/h5-13,20,25-28,37H,3-4,14-19,35H2,1-2H3,(H2,36,45)(H,38,42)(H,39,46)(H,40,47)(H,43,44)/t25-,26-,27-,28-/m0/s1. The first-order valence-corrected chi connectivity index (χ1v) is 15.9. The minimum absolute atomic E-state index is 0.0102. The van der Waals surface area contributed by atoms with E-state index in [0.717, 1.165) is 16.5 Å². The lowest BCUT2D eigenvalue weighted by Crippen LogP contribution is -2.59. The Morgan fingerprint density at radius 2 is 1.54 bits per heavy atom. The molecule has 48 heavy (non-hydrogen) atoms. The monoisotopic (exact) mass is 663 g/mol. The minimum atomic E-state index is -1.58. The van der Waals surface area contributed by atoms with Gasteiger partial charge in [-0.25, -0.2) is 0 Å². The molecule has 1 heterocycles. The summed E-state index contributed by atoms with van der Waals surface area (Å²) in [7, 11) is 1.43. The molecular formula is C34H45N7O7. The van der Waals surface area contributed by atoms with Crippen molar-refractivity contribution in [1.82, 2.24) is 25.8 Å². The number of nitrogens with two attached hydrogens (primary N) is 2. The van der Waals surface area contributed by atoms with Crippen molar-refractivity contribution in [3.63, 3.8) is 0 Å². The summed E-state index contributed by atoms with van der Waals surface area (Å²) in [6.07, 6.45) is 2.53. The van der Waals surface area contributed by atoms with E-state index in [1.807, 2.05) is 31.2 Å². The number of amides is 5. The van der Waals surface area contributed by atoms with E-state index in [0.29, 0.717) is 18.4 Å². The van der Waals surface area contributed by atoms with Gasteiger partial charge in [-0.1, -0.05) is 68.3 Å². The second kappa shape index (κ2) is 18.2. The number of likely N-dealkylation sites (N-methyl/N-ethyl adjacent to an activating group) is 1. The number of carbonyl (C=O) groups is 6. The second-order valence-corrected chi connectivity index (χ2v) is 11.6. The van der Waals surface area contributed by atoms with Gasteiger partial charge in [-0.3, -0.25) is 28.8 Å². The van der Waals surface area contributed by atoms with Crippen molar-refractivity contribution in [3.05, 3.63) is 71.9 Å². The zero-order valence-electron chi connectivity index (χ0n) is 27.2. The van der Waals surface area contributed by atoms with Gasteiger partial charge in [0.2, 0.25) is 29.5 Å². The molecule has 1 aromatic heterocycles. The van der Waals surface area contributed by atoms with Gasteiger partial charge in [0.1, 0.15) is 24.2 Å². The molecule has 0 fully saturated rings. The number of hydrogen-bond acceptors (Lipinski definition) is 7. The van der Waals surface area contributed by atoms with Crippen LogP contribution in [-0.4, -0.2) is 88.3 Å². The number of rotatable bonds is 19. The van der Waals surface area contributed by atoms with Crippen LogP contribution in [0, 0.1) is 0 Å². The van der Waals surface area contributed by atoms with E-state index in [4.69, 9.17) is 11.5 Å². The largest absolute Gasteiger partial charge is 0.481 e. The van der Waals surface area contributed by atoms with Crippen molar-refractivity contribution in [2.75, 3.05) is 13.6 Å². The zero-order valence-corrected chi connectivity index (χ0v) is 27.2. The van der Waals surface area contributed by atoms with Crippen LogP contribution in [0.15, 0.2) is 60.8 Å². The maximum Gasteiger partial charge on any atom is 0.305 e. The zero-order chi connectivity index (χ0) is 35.2. The van der Waals surface area contributed by atoms with Crippen LogP contribution in [0.1, 0.15) is 50.2 Å². The lowest BCUT2D eigenvalue weighted by Gasteiger charge is -2.32. The highest BCUT2D eigenvalue weighted by atomic mass is 16.4. The molecule has 0 unspecified atom stereocenters.